The first-order valence-electron chi connectivity index (χ1n) is 6.92. The van der Waals surface area contributed by atoms with Gasteiger partial charge in [0.15, 0.2) is 0 Å². The summed E-state index contributed by atoms with van der Waals surface area (Å²) in [7, 11) is -4.02. The molecule has 2 rings (SSSR count). The summed E-state index contributed by atoms with van der Waals surface area (Å²) in [4.78, 5) is -0.0820. The molecule has 0 fully saturated rings. The van der Waals surface area contributed by atoms with Gasteiger partial charge in [-0.1, -0.05) is 30.7 Å². The van der Waals surface area contributed by atoms with Crippen molar-refractivity contribution in [2.24, 2.45) is 0 Å². The van der Waals surface area contributed by atoms with Crippen LogP contribution in [-0.4, -0.2) is 15.0 Å². The molecule has 0 aliphatic carbocycles. The van der Waals surface area contributed by atoms with E-state index in [1.54, 1.807) is 25.1 Å². The van der Waals surface area contributed by atoms with Gasteiger partial charge in [0.2, 0.25) is 0 Å². The summed E-state index contributed by atoms with van der Waals surface area (Å²) < 4.78 is 35.4. The molecule has 0 amide bonds. The van der Waals surface area contributed by atoms with Crippen molar-refractivity contribution in [3.63, 3.8) is 0 Å². The summed E-state index contributed by atoms with van der Waals surface area (Å²) >= 11 is 5.89. The fourth-order valence-electron chi connectivity index (χ4n) is 1.90. The monoisotopic (exact) mass is 340 g/mol. The van der Waals surface area contributed by atoms with Gasteiger partial charge in [0, 0.05) is 5.02 Å². The van der Waals surface area contributed by atoms with Crippen LogP contribution in [0.2, 0.25) is 5.02 Å². The third kappa shape index (κ3) is 3.93. The molecule has 0 aliphatic heterocycles. The molecule has 2 aromatic rings. The molecule has 118 valence electrons. The highest BCUT2D eigenvalue weighted by Crippen LogP contribution is 2.30. The van der Waals surface area contributed by atoms with Gasteiger partial charge in [0.1, 0.15) is 16.4 Å². The molecule has 0 radical (unpaired) electrons. The second-order valence-electron chi connectivity index (χ2n) is 4.56. The summed E-state index contributed by atoms with van der Waals surface area (Å²) in [6.07, 6.45) is 0.871. The van der Waals surface area contributed by atoms with Crippen LogP contribution in [0.4, 0.5) is 0 Å². The van der Waals surface area contributed by atoms with Crippen molar-refractivity contribution in [2.45, 2.75) is 25.2 Å². The first-order chi connectivity index (χ1) is 10.5. The zero-order chi connectivity index (χ0) is 16.2. The largest absolute Gasteiger partial charge is 0.492 e. The Hall–Kier alpha value is -1.72. The predicted molar refractivity (Wildman–Crippen MR) is 86.3 cm³/mol. The van der Waals surface area contributed by atoms with Crippen molar-refractivity contribution in [1.82, 2.24) is 0 Å². The van der Waals surface area contributed by atoms with Crippen molar-refractivity contribution in [1.29, 1.82) is 0 Å². The minimum absolute atomic E-state index is 0.0820. The number of rotatable bonds is 6. The first kappa shape index (κ1) is 16.6. The van der Waals surface area contributed by atoms with Crippen molar-refractivity contribution in [2.75, 3.05) is 6.61 Å². The third-order valence-electron chi connectivity index (χ3n) is 3.01. The van der Waals surface area contributed by atoms with Crippen LogP contribution in [0.1, 0.15) is 19.4 Å². The molecule has 0 N–H and O–H groups in total. The van der Waals surface area contributed by atoms with E-state index in [0.717, 1.165) is 12.0 Å². The molecule has 0 unspecified atom stereocenters. The number of benzene rings is 2. The molecule has 0 aliphatic rings. The van der Waals surface area contributed by atoms with E-state index in [-0.39, 0.29) is 16.4 Å². The quantitative estimate of drug-likeness (QED) is 0.744. The summed E-state index contributed by atoms with van der Waals surface area (Å²) in [5, 5.41) is 0.298. The van der Waals surface area contributed by atoms with Crippen LogP contribution in [0.3, 0.4) is 0 Å². The summed E-state index contributed by atoms with van der Waals surface area (Å²) in [6, 6.07) is 11.3. The van der Waals surface area contributed by atoms with Crippen LogP contribution in [-0.2, 0) is 16.5 Å². The molecule has 0 atom stereocenters. The molecular formula is C16H17ClO4S. The number of aryl methyl sites for hydroxylation is 1. The minimum atomic E-state index is -4.02. The Morgan fingerprint density at radius 2 is 1.73 bits per heavy atom. The maximum atomic E-state index is 12.4. The van der Waals surface area contributed by atoms with E-state index >= 15 is 0 Å². The lowest BCUT2D eigenvalue weighted by Crippen LogP contribution is -2.12. The number of ether oxygens (including phenoxy) is 1. The molecule has 4 nitrogen and oxygen atoms in total. The summed E-state index contributed by atoms with van der Waals surface area (Å²) in [5.41, 5.74) is 1.10. The normalized spacial score (nSPS) is 11.2. The Morgan fingerprint density at radius 3 is 2.32 bits per heavy atom. The molecule has 22 heavy (non-hydrogen) atoms. The van der Waals surface area contributed by atoms with Crippen LogP contribution in [0.25, 0.3) is 0 Å². The highest BCUT2D eigenvalue weighted by molar-refractivity contribution is 7.87. The molecule has 0 saturated carbocycles. The van der Waals surface area contributed by atoms with Gasteiger partial charge in [0.25, 0.3) is 0 Å². The van der Waals surface area contributed by atoms with E-state index in [0.29, 0.717) is 11.6 Å². The Kier molecular flexibility index (Phi) is 5.32. The molecule has 0 heterocycles. The van der Waals surface area contributed by atoms with Gasteiger partial charge in [-0.3, -0.25) is 0 Å². The second kappa shape index (κ2) is 7.03. The molecule has 0 spiro atoms. The van der Waals surface area contributed by atoms with Gasteiger partial charge >= 0.3 is 10.1 Å². The lowest BCUT2D eigenvalue weighted by Gasteiger charge is -2.12. The Bertz CT molecular complexity index is 739. The van der Waals surface area contributed by atoms with Crippen molar-refractivity contribution in [3.8, 4) is 11.5 Å². The second-order valence-corrected chi connectivity index (χ2v) is 6.51. The first-order valence-corrected chi connectivity index (χ1v) is 8.70. The highest BCUT2D eigenvalue weighted by Gasteiger charge is 2.22. The minimum Gasteiger partial charge on any atom is -0.492 e. The van der Waals surface area contributed by atoms with Crippen LogP contribution in [0, 0.1) is 0 Å². The van der Waals surface area contributed by atoms with Gasteiger partial charge in [-0.05, 0) is 49.2 Å². The highest BCUT2D eigenvalue weighted by atomic mass is 35.5. The van der Waals surface area contributed by atoms with E-state index in [1.807, 2.05) is 19.1 Å². The molecule has 2 aromatic carbocycles. The zero-order valence-corrected chi connectivity index (χ0v) is 13.9. The predicted octanol–water partition coefficient (Wildman–Crippen LogP) is 4.07. The van der Waals surface area contributed by atoms with E-state index in [4.69, 9.17) is 20.5 Å². The lowest BCUT2D eigenvalue weighted by atomic mass is 10.2. The van der Waals surface area contributed by atoms with Crippen molar-refractivity contribution in [3.05, 3.63) is 53.1 Å². The van der Waals surface area contributed by atoms with Gasteiger partial charge < -0.3 is 8.92 Å². The standard InChI is InChI=1S/C16H17ClO4S/c1-3-12-5-8-14(9-6-12)21-22(18,19)16-11-13(17)7-10-15(16)20-4-2/h5-11H,3-4H2,1-2H3. The lowest BCUT2D eigenvalue weighted by molar-refractivity contribution is 0.329. The Labute approximate surface area is 135 Å². The van der Waals surface area contributed by atoms with Gasteiger partial charge in [-0.25, -0.2) is 0 Å². The van der Waals surface area contributed by atoms with Crippen molar-refractivity contribution >= 4 is 21.7 Å². The molecule has 6 heteroatoms. The van der Waals surface area contributed by atoms with Crippen LogP contribution < -0.4 is 8.92 Å². The molecule has 0 bridgehead atoms. The van der Waals surface area contributed by atoms with E-state index in [2.05, 4.69) is 0 Å². The smallest absolute Gasteiger partial charge is 0.342 e. The molecule has 0 aromatic heterocycles. The molecular weight excluding hydrogens is 324 g/mol. The fraction of sp³-hybridized carbons (Fsp3) is 0.250. The fourth-order valence-corrected chi connectivity index (χ4v) is 3.24. The van der Waals surface area contributed by atoms with Gasteiger partial charge in [0.05, 0.1) is 6.61 Å². The van der Waals surface area contributed by atoms with Crippen LogP contribution >= 0.6 is 11.6 Å². The van der Waals surface area contributed by atoms with E-state index < -0.39 is 10.1 Å². The third-order valence-corrected chi connectivity index (χ3v) is 4.52. The number of hydrogen-bond acceptors (Lipinski definition) is 4. The number of halogens is 1. The summed E-state index contributed by atoms with van der Waals surface area (Å²) in [5.74, 6) is 0.469. The van der Waals surface area contributed by atoms with Gasteiger partial charge in [-0.2, -0.15) is 8.42 Å². The van der Waals surface area contributed by atoms with E-state index in [1.165, 1.54) is 12.1 Å². The molecule has 0 saturated heterocycles. The Morgan fingerprint density at radius 1 is 1.05 bits per heavy atom. The average Bonchev–Trinajstić information content (AvgIpc) is 2.49. The average molecular weight is 341 g/mol. The van der Waals surface area contributed by atoms with Gasteiger partial charge in [-0.15, -0.1) is 0 Å². The Balaban J connectivity index is 2.35. The van der Waals surface area contributed by atoms with E-state index in [9.17, 15) is 8.42 Å². The number of hydrogen-bond donors (Lipinski definition) is 0. The van der Waals surface area contributed by atoms with Crippen LogP contribution in [0.15, 0.2) is 47.4 Å². The van der Waals surface area contributed by atoms with Crippen molar-refractivity contribution < 1.29 is 17.3 Å². The summed E-state index contributed by atoms with van der Waals surface area (Å²) in [6.45, 7) is 4.14. The maximum absolute atomic E-state index is 12.4. The van der Waals surface area contributed by atoms with Crippen LogP contribution in [0.5, 0.6) is 11.5 Å². The maximum Gasteiger partial charge on any atom is 0.342 e. The topological polar surface area (TPSA) is 52.6 Å². The zero-order valence-electron chi connectivity index (χ0n) is 12.4. The SMILES string of the molecule is CCOc1ccc(Cl)cc1S(=O)(=O)Oc1ccc(CC)cc1.